The largest absolute Gasteiger partial charge is 0.429 e. The molecule has 0 saturated carbocycles. The molecule has 0 bridgehead atoms. The van der Waals surface area contributed by atoms with Crippen LogP contribution in [0.3, 0.4) is 0 Å². The summed E-state index contributed by atoms with van der Waals surface area (Å²) in [4.78, 5) is 28.8. The van der Waals surface area contributed by atoms with Gasteiger partial charge in [0.1, 0.15) is 11.0 Å². The molecule has 9 heteroatoms. The molecule has 150 valence electrons. The van der Waals surface area contributed by atoms with E-state index in [1.807, 2.05) is 41.8 Å². The second-order valence-corrected chi connectivity index (χ2v) is 7.33. The van der Waals surface area contributed by atoms with Gasteiger partial charge in [-0.05, 0) is 39.7 Å². The molecule has 4 heterocycles. The van der Waals surface area contributed by atoms with Gasteiger partial charge in [0.05, 0.1) is 5.39 Å². The van der Waals surface area contributed by atoms with Crippen LogP contribution in [0, 0.1) is 10.1 Å². The molecule has 5 aromatic rings. The second kappa shape index (κ2) is 7.88. The zero-order chi connectivity index (χ0) is 21.2. The first-order valence-corrected chi connectivity index (χ1v) is 10.1. The molecule has 0 fully saturated rings. The Labute approximate surface area is 180 Å². The van der Waals surface area contributed by atoms with E-state index in [0.29, 0.717) is 21.6 Å². The summed E-state index contributed by atoms with van der Waals surface area (Å²) in [5.74, 6) is 0.271. The molecule has 0 N–H and O–H groups in total. The fourth-order valence-corrected chi connectivity index (χ4v) is 4.08. The van der Waals surface area contributed by atoms with Crippen LogP contribution in [0.5, 0.6) is 11.6 Å². The van der Waals surface area contributed by atoms with Crippen molar-refractivity contribution in [3.8, 4) is 34.1 Å². The molecule has 31 heavy (non-hydrogen) atoms. The Morgan fingerprint density at radius 1 is 0.935 bits per heavy atom. The van der Waals surface area contributed by atoms with Crippen molar-refractivity contribution in [3.63, 3.8) is 0 Å². The summed E-state index contributed by atoms with van der Waals surface area (Å²) in [6.45, 7) is 0. The molecule has 0 aliphatic rings. The summed E-state index contributed by atoms with van der Waals surface area (Å²) >= 11 is 1.45. The van der Waals surface area contributed by atoms with Crippen molar-refractivity contribution in [2.45, 2.75) is 0 Å². The molecule has 0 radical (unpaired) electrons. The number of rotatable bonds is 5. The van der Waals surface area contributed by atoms with Crippen molar-refractivity contribution < 1.29 is 9.66 Å². The topological polar surface area (TPSA) is 104 Å². The van der Waals surface area contributed by atoms with Crippen molar-refractivity contribution in [1.29, 1.82) is 0 Å². The molecule has 5 rings (SSSR count). The first-order valence-electron chi connectivity index (χ1n) is 9.23. The highest BCUT2D eigenvalue weighted by molar-refractivity contribution is 7.17. The standard InChI is InChI=1S/C22H13N5O3S/c28-27(29)20-17(9-5-11-24-20)30-21-18-16(14-6-2-1-3-7-14)13-31-22(18)26-19(25-21)15-8-4-10-23-12-15/h1-13H. The number of aromatic nitrogens is 4. The minimum absolute atomic E-state index is 0.00912. The fourth-order valence-electron chi connectivity index (χ4n) is 3.14. The van der Waals surface area contributed by atoms with Gasteiger partial charge in [0.25, 0.3) is 0 Å². The summed E-state index contributed by atoms with van der Waals surface area (Å²) in [6.07, 6.45) is 4.67. The van der Waals surface area contributed by atoms with Gasteiger partial charge in [-0.3, -0.25) is 4.98 Å². The number of thiophene rings is 1. The molecule has 0 amide bonds. The number of hydrogen-bond acceptors (Lipinski definition) is 8. The van der Waals surface area contributed by atoms with E-state index in [4.69, 9.17) is 4.74 Å². The first-order chi connectivity index (χ1) is 15.2. The van der Waals surface area contributed by atoms with Gasteiger partial charge >= 0.3 is 5.82 Å². The fraction of sp³-hybridized carbons (Fsp3) is 0. The Kier molecular flexibility index (Phi) is 4.77. The van der Waals surface area contributed by atoms with Gasteiger partial charge in [-0.25, -0.2) is 4.98 Å². The third kappa shape index (κ3) is 3.58. The van der Waals surface area contributed by atoms with Crippen LogP contribution in [-0.4, -0.2) is 24.9 Å². The van der Waals surface area contributed by atoms with Gasteiger partial charge in [0.15, 0.2) is 5.82 Å². The zero-order valence-corrected chi connectivity index (χ0v) is 16.7. The normalized spacial score (nSPS) is 10.8. The monoisotopic (exact) mass is 427 g/mol. The van der Waals surface area contributed by atoms with Crippen molar-refractivity contribution in [3.05, 3.63) is 88.7 Å². The average Bonchev–Trinajstić information content (AvgIpc) is 3.25. The molecule has 8 nitrogen and oxygen atoms in total. The summed E-state index contributed by atoms with van der Waals surface area (Å²) in [7, 11) is 0. The number of fused-ring (bicyclic) bond motifs is 1. The van der Waals surface area contributed by atoms with Crippen molar-refractivity contribution in [1.82, 2.24) is 19.9 Å². The molecule has 0 aliphatic heterocycles. The number of benzene rings is 1. The molecule has 0 aliphatic carbocycles. The maximum atomic E-state index is 11.4. The second-order valence-electron chi connectivity index (χ2n) is 6.47. The van der Waals surface area contributed by atoms with Gasteiger partial charge in [-0.1, -0.05) is 30.3 Å². The van der Waals surface area contributed by atoms with E-state index in [2.05, 4.69) is 19.9 Å². The van der Waals surface area contributed by atoms with E-state index >= 15 is 0 Å². The Morgan fingerprint density at radius 2 is 1.74 bits per heavy atom. The average molecular weight is 427 g/mol. The highest BCUT2D eigenvalue weighted by Crippen LogP contribution is 2.41. The van der Waals surface area contributed by atoms with Crippen LogP contribution >= 0.6 is 11.3 Å². The van der Waals surface area contributed by atoms with Crippen LogP contribution < -0.4 is 4.74 Å². The highest BCUT2D eigenvalue weighted by atomic mass is 32.1. The van der Waals surface area contributed by atoms with Crippen molar-refractivity contribution in [2.24, 2.45) is 0 Å². The lowest BCUT2D eigenvalue weighted by Gasteiger charge is -2.10. The summed E-state index contributed by atoms with van der Waals surface area (Å²) in [5, 5.41) is 14.1. The zero-order valence-electron chi connectivity index (χ0n) is 15.9. The predicted molar refractivity (Wildman–Crippen MR) is 117 cm³/mol. The highest BCUT2D eigenvalue weighted by Gasteiger charge is 2.22. The van der Waals surface area contributed by atoms with E-state index in [9.17, 15) is 10.1 Å². The molecule has 4 aromatic heterocycles. The van der Waals surface area contributed by atoms with Crippen LogP contribution in [0.1, 0.15) is 0 Å². The number of ether oxygens (including phenoxy) is 1. The smallest absolute Gasteiger partial charge is 0.406 e. The third-order valence-electron chi connectivity index (χ3n) is 4.54. The van der Waals surface area contributed by atoms with Crippen LogP contribution in [0.4, 0.5) is 5.82 Å². The molecule has 0 unspecified atom stereocenters. The Balaban J connectivity index is 1.74. The van der Waals surface area contributed by atoms with E-state index in [0.717, 1.165) is 11.1 Å². The lowest BCUT2D eigenvalue weighted by molar-refractivity contribution is -0.390. The van der Waals surface area contributed by atoms with Crippen LogP contribution in [0.15, 0.2) is 78.6 Å². The minimum atomic E-state index is -0.582. The van der Waals surface area contributed by atoms with Crippen LogP contribution in [0.2, 0.25) is 0 Å². The quantitative estimate of drug-likeness (QED) is 0.269. The van der Waals surface area contributed by atoms with E-state index in [-0.39, 0.29) is 17.4 Å². The van der Waals surface area contributed by atoms with Gasteiger partial charge < -0.3 is 14.9 Å². The third-order valence-corrected chi connectivity index (χ3v) is 5.41. The maximum absolute atomic E-state index is 11.4. The molecular formula is C22H13N5O3S. The van der Waals surface area contributed by atoms with Crippen LogP contribution in [0.25, 0.3) is 32.7 Å². The molecule has 0 spiro atoms. The van der Waals surface area contributed by atoms with Crippen LogP contribution in [-0.2, 0) is 0 Å². The molecular weight excluding hydrogens is 414 g/mol. The van der Waals surface area contributed by atoms with E-state index in [1.165, 1.54) is 23.6 Å². The Bertz CT molecular complexity index is 1390. The van der Waals surface area contributed by atoms with Gasteiger partial charge in [-0.2, -0.15) is 4.98 Å². The van der Waals surface area contributed by atoms with Crippen molar-refractivity contribution >= 4 is 27.4 Å². The minimum Gasteiger partial charge on any atom is -0.429 e. The number of hydrogen-bond donors (Lipinski definition) is 0. The molecule has 1 aromatic carbocycles. The maximum Gasteiger partial charge on any atom is 0.406 e. The van der Waals surface area contributed by atoms with Gasteiger partial charge in [0.2, 0.25) is 11.6 Å². The molecule has 0 atom stereocenters. The van der Waals surface area contributed by atoms with E-state index in [1.54, 1.807) is 24.5 Å². The molecule has 0 saturated heterocycles. The SMILES string of the molecule is O=[N+]([O-])c1ncccc1Oc1nc(-c2cccnc2)nc2scc(-c3ccccc3)c12. The van der Waals surface area contributed by atoms with Gasteiger partial charge in [0, 0.05) is 28.9 Å². The lowest BCUT2D eigenvalue weighted by atomic mass is 10.1. The summed E-state index contributed by atoms with van der Waals surface area (Å²) < 4.78 is 6.00. The summed E-state index contributed by atoms with van der Waals surface area (Å²) in [5.41, 5.74) is 2.57. The van der Waals surface area contributed by atoms with Crippen molar-refractivity contribution in [2.75, 3.05) is 0 Å². The Morgan fingerprint density at radius 3 is 2.52 bits per heavy atom. The van der Waals surface area contributed by atoms with Gasteiger partial charge in [-0.15, -0.1) is 11.3 Å². The predicted octanol–water partition coefficient (Wildman–Crippen LogP) is 5.52. The number of nitro groups is 1. The summed E-state index contributed by atoms with van der Waals surface area (Å²) in [6, 6.07) is 16.5. The number of nitrogens with zero attached hydrogens (tertiary/aromatic N) is 5. The van der Waals surface area contributed by atoms with E-state index < -0.39 is 4.92 Å². The lowest BCUT2D eigenvalue weighted by Crippen LogP contribution is -1.99. The number of pyridine rings is 2. The first kappa shape index (κ1) is 18.8. The Hall–Kier alpha value is -4.24.